The number of nitrogens with two attached hydrogens (primary N) is 1. The fraction of sp³-hybridized carbons (Fsp3) is 0.615. The van der Waals surface area contributed by atoms with Crippen LogP contribution in [0.25, 0.3) is 0 Å². The van der Waals surface area contributed by atoms with E-state index in [4.69, 9.17) is 10.5 Å². The van der Waals surface area contributed by atoms with Crippen LogP contribution < -0.4 is 5.73 Å². The highest BCUT2D eigenvalue weighted by Crippen LogP contribution is 2.31. The Hall–Kier alpha value is 0.01000. The molecule has 3 heterocycles. The van der Waals surface area contributed by atoms with Crippen LogP contribution in [0.3, 0.4) is 0 Å². The van der Waals surface area contributed by atoms with Crippen LogP contribution in [0, 0.1) is 0 Å². The summed E-state index contributed by atoms with van der Waals surface area (Å²) in [4.78, 5) is 9.52. The Morgan fingerprint density at radius 3 is 2.95 bits per heavy atom. The van der Waals surface area contributed by atoms with Gasteiger partial charge in [-0.25, -0.2) is 4.99 Å². The van der Waals surface area contributed by atoms with Gasteiger partial charge in [-0.3, -0.25) is 0 Å². The van der Waals surface area contributed by atoms with Crippen LogP contribution in [-0.2, 0) is 23.5 Å². The van der Waals surface area contributed by atoms with Gasteiger partial charge in [-0.2, -0.15) is 11.8 Å². The highest BCUT2D eigenvalue weighted by molar-refractivity contribution is 14.0. The third-order valence-corrected chi connectivity index (χ3v) is 5.64. The van der Waals surface area contributed by atoms with E-state index in [0.29, 0.717) is 12.5 Å². The zero-order valence-corrected chi connectivity index (χ0v) is 15.3. The minimum Gasteiger partial charge on any atom is -0.378 e. The van der Waals surface area contributed by atoms with Crippen molar-refractivity contribution in [3.63, 3.8) is 0 Å². The first-order valence-corrected chi connectivity index (χ1v) is 8.61. The van der Waals surface area contributed by atoms with Gasteiger partial charge in [0.15, 0.2) is 5.96 Å². The van der Waals surface area contributed by atoms with Crippen molar-refractivity contribution in [1.29, 1.82) is 0 Å². The lowest BCUT2D eigenvalue weighted by atomic mass is 10.2. The van der Waals surface area contributed by atoms with E-state index in [9.17, 15) is 0 Å². The summed E-state index contributed by atoms with van der Waals surface area (Å²) in [5.74, 6) is 3.07. The lowest BCUT2D eigenvalue weighted by Gasteiger charge is -2.27. The molecule has 0 radical (unpaired) electrons. The maximum atomic E-state index is 6.04. The smallest absolute Gasteiger partial charge is 0.191 e. The van der Waals surface area contributed by atoms with E-state index >= 15 is 0 Å². The molecule has 1 aromatic rings. The molecule has 0 aromatic carbocycles. The zero-order chi connectivity index (χ0) is 13.1. The molecule has 0 saturated carbocycles. The monoisotopic (exact) mass is 425 g/mol. The van der Waals surface area contributed by atoms with Gasteiger partial charge in [0.2, 0.25) is 0 Å². The minimum absolute atomic E-state index is 0. The zero-order valence-electron chi connectivity index (χ0n) is 11.3. The first-order valence-electron chi connectivity index (χ1n) is 6.64. The highest BCUT2D eigenvalue weighted by Gasteiger charge is 2.14. The number of guanidine groups is 1. The summed E-state index contributed by atoms with van der Waals surface area (Å²) in [6, 6.07) is 2.31. The number of halogens is 1. The molecule has 0 spiro atoms. The molecule has 20 heavy (non-hydrogen) atoms. The van der Waals surface area contributed by atoms with Gasteiger partial charge in [-0.05, 0) is 23.8 Å². The van der Waals surface area contributed by atoms with Crippen LogP contribution in [0.4, 0.5) is 0 Å². The molecule has 0 amide bonds. The van der Waals surface area contributed by atoms with E-state index in [1.54, 1.807) is 4.88 Å². The van der Waals surface area contributed by atoms with Gasteiger partial charge in [0.25, 0.3) is 0 Å². The van der Waals surface area contributed by atoms with Crippen molar-refractivity contribution in [3.8, 4) is 0 Å². The van der Waals surface area contributed by atoms with Gasteiger partial charge in [-0.15, -0.1) is 35.3 Å². The predicted molar refractivity (Wildman–Crippen MR) is 97.3 cm³/mol. The van der Waals surface area contributed by atoms with Crippen LogP contribution >= 0.6 is 47.1 Å². The number of ether oxygens (including phenoxy) is 1. The molecular formula is C13H20IN3OS2. The summed E-state index contributed by atoms with van der Waals surface area (Å²) in [6.07, 6.45) is 1.22. The molecule has 2 aliphatic heterocycles. The molecule has 2 N–H and O–H groups in total. The molecule has 3 rings (SSSR count). The average Bonchev–Trinajstić information content (AvgIpc) is 2.88. The van der Waals surface area contributed by atoms with Crippen molar-refractivity contribution in [2.75, 3.05) is 32.1 Å². The summed E-state index contributed by atoms with van der Waals surface area (Å²) in [6.45, 7) is 3.92. The number of thiophene rings is 1. The first kappa shape index (κ1) is 16.4. The number of hydrogen-bond donors (Lipinski definition) is 1. The lowest BCUT2D eigenvalue weighted by Crippen LogP contribution is -2.44. The number of hydrogen-bond acceptors (Lipinski definition) is 4. The molecular weight excluding hydrogens is 405 g/mol. The summed E-state index contributed by atoms with van der Waals surface area (Å²) in [5, 5.41) is 0. The molecule has 0 atom stereocenters. The van der Waals surface area contributed by atoms with Crippen molar-refractivity contribution in [2.45, 2.75) is 18.7 Å². The minimum atomic E-state index is 0. The fourth-order valence-electron chi connectivity index (χ4n) is 2.34. The number of nitrogens with zero attached hydrogens (tertiary/aromatic N) is 2. The second kappa shape index (κ2) is 7.86. The van der Waals surface area contributed by atoms with Crippen molar-refractivity contribution in [1.82, 2.24) is 4.90 Å². The third-order valence-electron chi connectivity index (χ3n) is 3.41. The lowest BCUT2D eigenvalue weighted by molar-refractivity contribution is 0.0674. The van der Waals surface area contributed by atoms with Crippen LogP contribution in [0.5, 0.6) is 0 Å². The van der Waals surface area contributed by atoms with E-state index in [1.165, 1.54) is 22.6 Å². The molecule has 0 bridgehead atoms. The van der Waals surface area contributed by atoms with E-state index < -0.39 is 0 Å². The molecule has 112 valence electrons. The number of rotatable bonds is 2. The SMILES string of the molecule is I.NC(=NCc1cc2c(s1)CCSC2)N1CCOCC1. The Bertz CT molecular complexity index is 449. The number of aryl methyl sites for hydroxylation is 1. The quantitative estimate of drug-likeness (QED) is 0.449. The largest absolute Gasteiger partial charge is 0.378 e. The Balaban J connectivity index is 0.00000147. The van der Waals surface area contributed by atoms with Gasteiger partial charge in [0.1, 0.15) is 0 Å². The average molecular weight is 425 g/mol. The molecule has 1 aromatic heterocycles. The highest BCUT2D eigenvalue weighted by atomic mass is 127. The van der Waals surface area contributed by atoms with E-state index in [1.807, 2.05) is 23.1 Å². The number of morpholine rings is 1. The van der Waals surface area contributed by atoms with Gasteiger partial charge in [0, 0.05) is 28.6 Å². The second-order valence-corrected chi connectivity index (χ2v) is 7.06. The van der Waals surface area contributed by atoms with Gasteiger partial charge in [-0.1, -0.05) is 0 Å². The summed E-state index contributed by atoms with van der Waals surface area (Å²) >= 11 is 3.93. The van der Waals surface area contributed by atoms with E-state index in [-0.39, 0.29) is 24.0 Å². The molecule has 1 saturated heterocycles. The topological polar surface area (TPSA) is 50.8 Å². The molecule has 2 aliphatic rings. The normalized spacial score (nSPS) is 19.4. The van der Waals surface area contributed by atoms with Crippen molar-refractivity contribution < 1.29 is 4.74 Å². The standard InChI is InChI=1S/C13H19N3OS2.HI/c14-13(16-2-4-17-5-3-16)15-8-11-7-10-9-18-6-1-12(10)19-11;/h7H,1-6,8-9H2,(H2,14,15);1H. The van der Waals surface area contributed by atoms with Crippen LogP contribution in [-0.4, -0.2) is 42.9 Å². The Morgan fingerprint density at radius 2 is 2.20 bits per heavy atom. The maximum absolute atomic E-state index is 6.04. The van der Waals surface area contributed by atoms with Crippen molar-refractivity contribution in [3.05, 3.63) is 21.4 Å². The summed E-state index contributed by atoms with van der Waals surface area (Å²) in [7, 11) is 0. The van der Waals surface area contributed by atoms with Crippen LogP contribution in [0.15, 0.2) is 11.1 Å². The third kappa shape index (κ3) is 4.02. The van der Waals surface area contributed by atoms with Gasteiger partial charge >= 0.3 is 0 Å². The Labute approximate surface area is 145 Å². The molecule has 4 nitrogen and oxygen atoms in total. The maximum Gasteiger partial charge on any atom is 0.191 e. The number of aliphatic imine (C=N–C) groups is 1. The second-order valence-electron chi connectivity index (χ2n) is 4.74. The fourth-order valence-corrected chi connectivity index (χ4v) is 4.64. The molecule has 0 aliphatic carbocycles. The first-order chi connectivity index (χ1) is 9.33. The van der Waals surface area contributed by atoms with Crippen LogP contribution in [0.1, 0.15) is 15.3 Å². The van der Waals surface area contributed by atoms with Crippen LogP contribution in [0.2, 0.25) is 0 Å². The van der Waals surface area contributed by atoms with E-state index in [2.05, 4.69) is 16.0 Å². The molecule has 7 heteroatoms. The number of thioether (sulfide) groups is 1. The Kier molecular flexibility index (Phi) is 6.44. The summed E-state index contributed by atoms with van der Waals surface area (Å²) < 4.78 is 5.32. The van der Waals surface area contributed by atoms with Crippen molar-refractivity contribution in [2.24, 2.45) is 10.7 Å². The Morgan fingerprint density at radius 1 is 1.40 bits per heavy atom. The molecule has 1 fully saturated rings. The number of fused-ring (bicyclic) bond motifs is 1. The van der Waals surface area contributed by atoms with Crippen molar-refractivity contribution >= 4 is 53.0 Å². The summed E-state index contributed by atoms with van der Waals surface area (Å²) in [5.41, 5.74) is 7.55. The van der Waals surface area contributed by atoms with E-state index in [0.717, 1.165) is 32.1 Å². The van der Waals surface area contributed by atoms with Gasteiger partial charge in [0.05, 0.1) is 19.8 Å². The predicted octanol–water partition coefficient (Wildman–Crippen LogP) is 2.30. The van der Waals surface area contributed by atoms with Gasteiger partial charge < -0.3 is 15.4 Å². The molecule has 0 unspecified atom stereocenters.